The molecule has 1 saturated heterocycles. The summed E-state index contributed by atoms with van der Waals surface area (Å²) in [6.45, 7) is 4.22. The summed E-state index contributed by atoms with van der Waals surface area (Å²) in [5.74, 6) is 1.03. The first-order valence-electron chi connectivity index (χ1n) is 7.43. The number of pyridine rings is 1. The van der Waals surface area contributed by atoms with Crippen LogP contribution in [0.1, 0.15) is 31.4 Å². The summed E-state index contributed by atoms with van der Waals surface area (Å²) in [7, 11) is 0. The quantitative estimate of drug-likeness (QED) is 0.447. The molecule has 0 aliphatic carbocycles. The second kappa shape index (κ2) is 9.60. The van der Waals surface area contributed by atoms with E-state index in [4.69, 9.17) is 5.73 Å². The van der Waals surface area contributed by atoms with Gasteiger partial charge in [0.1, 0.15) is 5.82 Å². The lowest BCUT2D eigenvalue weighted by atomic mass is 10.1. The highest BCUT2D eigenvalue weighted by Crippen LogP contribution is 2.08. The van der Waals surface area contributed by atoms with Gasteiger partial charge in [-0.2, -0.15) is 0 Å². The summed E-state index contributed by atoms with van der Waals surface area (Å²) >= 11 is 0. The van der Waals surface area contributed by atoms with Gasteiger partial charge in [-0.1, -0.05) is 6.07 Å². The van der Waals surface area contributed by atoms with Crippen molar-refractivity contribution in [2.75, 3.05) is 25.0 Å². The van der Waals surface area contributed by atoms with Crippen LogP contribution in [0.2, 0.25) is 0 Å². The number of hydrogen-bond acceptors (Lipinski definition) is 3. The molecule has 122 valence electrons. The van der Waals surface area contributed by atoms with Crippen molar-refractivity contribution in [3.63, 3.8) is 0 Å². The molecule has 1 aromatic rings. The van der Waals surface area contributed by atoms with E-state index >= 15 is 0 Å². The average molecular weight is 417 g/mol. The zero-order valence-corrected chi connectivity index (χ0v) is 15.2. The van der Waals surface area contributed by atoms with Gasteiger partial charge in [-0.3, -0.25) is 9.79 Å². The normalized spacial score (nSPS) is 15.1. The fourth-order valence-corrected chi connectivity index (χ4v) is 2.31. The number of halogens is 1. The van der Waals surface area contributed by atoms with Crippen LogP contribution in [0.15, 0.2) is 23.2 Å². The van der Waals surface area contributed by atoms with Crippen LogP contribution in [0.4, 0.5) is 5.82 Å². The van der Waals surface area contributed by atoms with Crippen LogP contribution in [-0.4, -0.2) is 41.4 Å². The molecular weight excluding hydrogens is 393 g/mol. The van der Waals surface area contributed by atoms with Gasteiger partial charge >= 0.3 is 0 Å². The Morgan fingerprint density at radius 1 is 1.36 bits per heavy atom. The van der Waals surface area contributed by atoms with Crippen LogP contribution in [0.5, 0.6) is 0 Å². The molecule has 0 unspecified atom stereocenters. The van der Waals surface area contributed by atoms with E-state index in [1.54, 1.807) is 6.07 Å². The molecule has 1 fully saturated rings. The summed E-state index contributed by atoms with van der Waals surface area (Å²) in [6.07, 6.45) is 3.89. The molecular formula is C15H24IN5O. The van der Waals surface area contributed by atoms with Gasteiger partial charge < -0.3 is 16.0 Å². The predicted octanol–water partition coefficient (Wildman–Crippen LogP) is 2.14. The third kappa shape index (κ3) is 6.17. The summed E-state index contributed by atoms with van der Waals surface area (Å²) < 4.78 is 0. The topological polar surface area (TPSA) is 83.6 Å². The fourth-order valence-electron chi connectivity index (χ4n) is 2.31. The van der Waals surface area contributed by atoms with Gasteiger partial charge in [0.25, 0.3) is 0 Å². The minimum absolute atomic E-state index is 0. The van der Waals surface area contributed by atoms with E-state index in [0.29, 0.717) is 24.7 Å². The number of carbonyl (C=O) groups excluding carboxylic acids is 1. The van der Waals surface area contributed by atoms with Gasteiger partial charge in [-0.05, 0) is 38.3 Å². The summed E-state index contributed by atoms with van der Waals surface area (Å²) in [6, 6.07) is 5.53. The van der Waals surface area contributed by atoms with E-state index in [-0.39, 0.29) is 29.9 Å². The van der Waals surface area contributed by atoms with E-state index < -0.39 is 0 Å². The Balaban J connectivity index is 0.00000242. The smallest absolute Gasteiger partial charge is 0.227 e. The van der Waals surface area contributed by atoms with Crippen LogP contribution in [-0.2, 0) is 4.79 Å². The van der Waals surface area contributed by atoms with Crippen molar-refractivity contribution < 1.29 is 4.79 Å². The van der Waals surface area contributed by atoms with Crippen molar-refractivity contribution >= 4 is 41.7 Å². The average Bonchev–Trinajstić information content (AvgIpc) is 2.48. The number of carbonyl (C=O) groups is 1. The van der Waals surface area contributed by atoms with Crippen LogP contribution in [0.25, 0.3) is 0 Å². The van der Waals surface area contributed by atoms with Crippen molar-refractivity contribution in [3.05, 3.63) is 23.9 Å². The Bertz CT molecular complexity index is 514. The van der Waals surface area contributed by atoms with E-state index in [0.717, 1.165) is 31.6 Å². The number of nitrogens with one attached hydrogen (secondary N) is 1. The molecule has 6 nitrogen and oxygen atoms in total. The Morgan fingerprint density at radius 2 is 2.09 bits per heavy atom. The lowest BCUT2D eigenvalue weighted by molar-refractivity contribution is -0.116. The molecule has 0 aromatic carbocycles. The number of nitrogens with two attached hydrogens (primary N) is 1. The lowest BCUT2D eigenvalue weighted by Crippen LogP contribution is -2.41. The number of hydrogen-bond donors (Lipinski definition) is 2. The predicted molar refractivity (Wildman–Crippen MR) is 99.5 cm³/mol. The third-order valence-corrected chi connectivity index (χ3v) is 3.45. The van der Waals surface area contributed by atoms with E-state index in [1.165, 1.54) is 6.42 Å². The van der Waals surface area contributed by atoms with Crippen LogP contribution < -0.4 is 11.1 Å². The van der Waals surface area contributed by atoms with Crippen LogP contribution >= 0.6 is 24.0 Å². The molecule has 2 heterocycles. The first-order chi connectivity index (χ1) is 10.1. The highest BCUT2D eigenvalue weighted by Gasteiger charge is 2.11. The zero-order chi connectivity index (χ0) is 15.1. The second-order valence-corrected chi connectivity index (χ2v) is 5.25. The fraction of sp³-hybridized carbons (Fsp3) is 0.533. The molecule has 1 amide bonds. The van der Waals surface area contributed by atoms with Gasteiger partial charge in [0.15, 0.2) is 5.96 Å². The van der Waals surface area contributed by atoms with Crippen molar-refractivity contribution in [2.45, 2.75) is 32.6 Å². The largest absolute Gasteiger partial charge is 0.370 e. The molecule has 1 aliphatic rings. The number of nitrogens with zero attached hydrogens (tertiary/aromatic N) is 3. The summed E-state index contributed by atoms with van der Waals surface area (Å²) in [5, 5.41) is 2.76. The Kier molecular flexibility index (Phi) is 8.15. The molecule has 1 aliphatic heterocycles. The molecule has 3 N–H and O–H groups in total. The summed E-state index contributed by atoms with van der Waals surface area (Å²) in [5.41, 5.74) is 6.81. The van der Waals surface area contributed by atoms with Crippen molar-refractivity contribution in [1.82, 2.24) is 9.88 Å². The van der Waals surface area contributed by atoms with Gasteiger partial charge in [-0.25, -0.2) is 4.98 Å². The second-order valence-electron chi connectivity index (χ2n) is 5.25. The maximum absolute atomic E-state index is 11.8. The first-order valence-corrected chi connectivity index (χ1v) is 7.43. The van der Waals surface area contributed by atoms with Gasteiger partial charge in [0, 0.05) is 25.2 Å². The number of anilines is 1. The Labute approximate surface area is 148 Å². The number of aryl methyl sites for hydroxylation is 1. The number of likely N-dealkylation sites (tertiary alicyclic amines) is 1. The van der Waals surface area contributed by atoms with Crippen molar-refractivity contribution in [2.24, 2.45) is 10.7 Å². The number of piperidine rings is 1. The Hall–Kier alpha value is -1.38. The van der Waals surface area contributed by atoms with Gasteiger partial charge in [0.05, 0.1) is 6.54 Å². The van der Waals surface area contributed by atoms with Crippen molar-refractivity contribution in [1.29, 1.82) is 0 Å². The number of aliphatic imine (C=N–C) groups is 1. The minimum Gasteiger partial charge on any atom is -0.370 e. The number of rotatable bonds is 4. The molecule has 0 saturated carbocycles. The zero-order valence-electron chi connectivity index (χ0n) is 12.9. The highest BCUT2D eigenvalue weighted by molar-refractivity contribution is 14.0. The molecule has 7 heteroatoms. The molecule has 1 aromatic heterocycles. The number of guanidine groups is 1. The molecule has 0 bridgehead atoms. The first kappa shape index (κ1) is 18.7. The van der Waals surface area contributed by atoms with Gasteiger partial charge in [0.2, 0.25) is 5.91 Å². The molecule has 0 spiro atoms. The molecule has 22 heavy (non-hydrogen) atoms. The maximum Gasteiger partial charge on any atom is 0.227 e. The van der Waals surface area contributed by atoms with Crippen LogP contribution in [0.3, 0.4) is 0 Å². The van der Waals surface area contributed by atoms with Crippen LogP contribution in [0, 0.1) is 6.92 Å². The number of aromatic nitrogens is 1. The molecule has 0 atom stereocenters. The van der Waals surface area contributed by atoms with E-state index in [9.17, 15) is 4.79 Å². The van der Waals surface area contributed by atoms with Gasteiger partial charge in [-0.15, -0.1) is 24.0 Å². The van der Waals surface area contributed by atoms with E-state index in [1.807, 2.05) is 19.1 Å². The third-order valence-electron chi connectivity index (χ3n) is 3.45. The summed E-state index contributed by atoms with van der Waals surface area (Å²) in [4.78, 5) is 22.4. The van der Waals surface area contributed by atoms with Crippen molar-refractivity contribution in [3.8, 4) is 0 Å². The lowest BCUT2D eigenvalue weighted by Gasteiger charge is -2.27. The highest BCUT2D eigenvalue weighted by atomic mass is 127. The molecule has 0 radical (unpaired) electrons. The standard InChI is InChI=1S/C15H23N5O.HI/c1-12-6-5-7-13(18-12)19-14(21)8-9-17-15(16)20-10-3-2-4-11-20;/h5-7H,2-4,8-11H2,1H3,(H2,16,17)(H,18,19,21);1H. The maximum atomic E-state index is 11.8. The number of amides is 1. The minimum atomic E-state index is -0.0942. The SMILES string of the molecule is Cc1cccc(NC(=O)CCN=C(N)N2CCCCC2)n1.I. The molecule has 2 rings (SSSR count). The monoisotopic (exact) mass is 417 g/mol. The van der Waals surface area contributed by atoms with E-state index in [2.05, 4.69) is 20.2 Å². The Morgan fingerprint density at radius 3 is 2.77 bits per heavy atom.